The molecule has 1 aliphatic rings. The molecule has 1 fully saturated rings. The van der Waals surface area contributed by atoms with Crippen LogP contribution in [0.4, 0.5) is 0 Å². The van der Waals surface area contributed by atoms with E-state index < -0.39 is 0 Å². The molecule has 0 amide bonds. The molecule has 1 heterocycles. The van der Waals surface area contributed by atoms with Crippen LogP contribution < -0.4 is 10.1 Å². The first-order valence-corrected chi connectivity index (χ1v) is 8.04. The van der Waals surface area contributed by atoms with Gasteiger partial charge in [0.05, 0.1) is 5.69 Å². The van der Waals surface area contributed by atoms with Gasteiger partial charge >= 0.3 is 0 Å². The molecule has 1 aromatic rings. The maximum absolute atomic E-state index is 6.24. The van der Waals surface area contributed by atoms with Crippen LogP contribution in [0.1, 0.15) is 58.6 Å². The second-order valence-electron chi connectivity index (χ2n) is 6.13. The summed E-state index contributed by atoms with van der Waals surface area (Å²) in [6.45, 7) is 7.37. The lowest BCUT2D eigenvalue weighted by Crippen LogP contribution is -2.30. The van der Waals surface area contributed by atoms with Crippen LogP contribution in [0.2, 0.25) is 0 Å². The van der Waals surface area contributed by atoms with Gasteiger partial charge < -0.3 is 10.1 Å². The normalized spacial score (nSPS) is 23.0. The Kier molecular flexibility index (Phi) is 5.84. The highest BCUT2D eigenvalue weighted by Gasteiger charge is 2.25. The number of ether oxygens (including phenoxy) is 1. The fourth-order valence-corrected chi connectivity index (χ4v) is 2.91. The minimum atomic E-state index is 0.391. The number of hydrogen-bond donors (Lipinski definition) is 1. The molecule has 2 unspecified atom stereocenters. The van der Waals surface area contributed by atoms with Crippen LogP contribution in [0.3, 0.4) is 0 Å². The first-order valence-electron chi connectivity index (χ1n) is 8.04. The molecule has 3 heteroatoms. The van der Waals surface area contributed by atoms with Gasteiger partial charge in [-0.05, 0) is 37.7 Å². The standard InChI is InChI=1S/C17H28N2O/c1-4-14-7-5-6-8-17(14)20-16-9-10-18-15(11-16)12-19-13(2)3/h9-11,13-14,17,19H,4-8,12H2,1-3H3. The molecule has 0 bridgehead atoms. The van der Waals surface area contributed by atoms with Crippen LogP contribution in [-0.2, 0) is 6.54 Å². The summed E-state index contributed by atoms with van der Waals surface area (Å²) in [5, 5.41) is 3.39. The molecule has 2 rings (SSSR count). The summed E-state index contributed by atoms with van der Waals surface area (Å²) in [4.78, 5) is 4.40. The summed E-state index contributed by atoms with van der Waals surface area (Å²) in [6, 6.07) is 4.54. The largest absolute Gasteiger partial charge is 0.490 e. The molecule has 112 valence electrons. The van der Waals surface area contributed by atoms with Crippen molar-refractivity contribution in [1.29, 1.82) is 0 Å². The number of nitrogens with zero attached hydrogens (tertiary/aromatic N) is 1. The molecule has 1 N–H and O–H groups in total. The van der Waals surface area contributed by atoms with Crippen LogP contribution in [0, 0.1) is 5.92 Å². The SMILES string of the molecule is CCC1CCCCC1Oc1ccnc(CNC(C)C)c1. The van der Waals surface area contributed by atoms with Crippen LogP contribution in [0.25, 0.3) is 0 Å². The van der Waals surface area contributed by atoms with Crippen molar-refractivity contribution in [3.05, 3.63) is 24.0 Å². The summed E-state index contributed by atoms with van der Waals surface area (Å²) >= 11 is 0. The second kappa shape index (κ2) is 7.63. The summed E-state index contributed by atoms with van der Waals surface area (Å²) in [5.74, 6) is 1.69. The molecule has 20 heavy (non-hydrogen) atoms. The van der Waals surface area contributed by atoms with Gasteiger partial charge in [-0.25, -0.2) is 0 Å². The van der Waals surface area contributed by atoms with Crippen LogP contribution in [-0.4, -0.2) is 17.1 Å². The van der Waals surface area contributed by atoms with Gasteiger partial charge in [0.15, 0.2) is 0 Å². The minimum absolute atomic E-state index is 0.391. The fraction of sp³-hybridized carbons (Fsp3) is 0.706. The second-order valence-corrected chi connectivity index (χ2v) is 6.13. The Morgan fingerprint density at radius 2 is 2.15 bits per heavy atom. The van der Waals surface area contributed by atoms with Gasteiger partial charge in [0.2, 0.25) is 0 Å². The van der Waals surface area contributed by atoms with Gasteiger partial charge in [0.25, 0.3) is 0 Å². The number of pyridine rings is 1. The Morgan fingerprint density at radius 3 is 2.90 bits per heavy atom. The van der Waals surface area contributed by atoms with E-state index in [0.29, 0.717) is 18.1 Å². The molecule has 0 spiro atoms. The maximum Gasteiger partial charge on any atom is 0.123 e. The van der Waals surface area contributed by atoms with E-state index in [4.69, 9.17) is 4.74 Å². The van der Waals surface area contributed by atoms with Crippen molar-refractivity contribution in [3.63, 3.8) is 0 Å². The van der Waals surface area contributed by atoms with Gasteiger partial charge in [-0.15, -0.1) is 0 Å². The first kappa shape index (κ1) is 15.3. The van der Waals surface area contributed by atoms with E-state index in [2.05, 4.69) is 37.1 Å². The van der Waals surface area contributed by atoms with E-state index in [-0.39, 0.29) is 0 Å². The van der Waals surface area contributed by atoms with Crippen molar-refractivity contribution < 1.29 is 4.74 Å². The van der Waals surface area contributed by atoms with Crippen molar-refractivity contribution in [2.45, 2.75) is 71.6 Å². The third kappa shape index (κ3) is 4.48. The smallest absolute Gasteiger partial charge is 0.123 e. The van der Waals surface area contributed by atoms with E-state index in [1.165, 1.54) is 32.1 Å². The number of nitrogens with one attached hydrogen (secondary N) is 1. The van der Waals surface area contributed by atoms with Gasteiger partial charge in [-0.1, -0.05) is 27.2 Å². The predicted molar refractivity (Wildman–Crippen MR) is 82.9 cm³/mol. The monoisotopic (exact) mass is 276 g/mol. The van der Waals surface area contributed by atoms with E-state index >= 15 is 0 Å². The highest BCUT2D eigenvalue weighted by molar-refractivity contribution is 5.23. The molecule has 0 saturated heterocycles. The van der Waals surface area contributed by atoms with Crippen molar-refractivity contribution in [2.75, 3.05) is 0 Å². The number of rotatable bonds is 6. The van der Waals surface area contributed by atoms with Gasteiger partial charge in [-0.2, -0.15) is 0 Å². The Bertz CT molecular complexity index is 406. The first-order chi connectivity index (χ1) is 9.69. The van der Waals surface area contributed by atoms with E-state index in [9.17, 15) is 0 Å². The lowest BCUT2D eigenvalue weighted by molar-refractivity contribution is 0.0902. The predicted octanol–water partition coefficient (Wildman–Crippen LogP) is 3.93. The summed E-state index contributed by atoms with van der Waals surface area (Å²) in [6.07, 6.45) is 8.64. The Hall–Kier alpha value is -1.09. The lowest BCUT2D eigenvalue weighted by atomic mass is 9.85. The van der Waals surface area contributed by atoms with E-state index in [1.807, 2.05) is 12.3 Å². The molecule has 0 aliphatic heterocycles. The number of hydrogen-bond acceptors (Lipinski definition) is 3. The Balaban J connectivity index is 1.96. The average molecular weight is 276 g/mol. The molecular weight excluding hydrogens is 248 g/mol. The minimum Gasteiger partial charge on any atom is -0.490 e. The zero-order valence-electron chi connectivity index (χ0n) is 13.1. The zero-order chi connectivity index (χ0) is 14.4. The highest BCUT2D eigenvalue weighted by Crippen LogP contribution is 2.30. The topological polar surface area (TPSA) is 34.1 Å². The third-order valence-corrected chi connectivity index (χ3v) is 4.13. The van der Waals surface area contributed by atoms with Crippen LogP contribution in [0.15, 0.2) is 18.3 Å². The van der Waals surface area contributed by atoms with Gasteiger partial charge in [-0.3, -0.25) is 4.98 Å². The van der Waals surface area contributed by atoms with Crippen molar-refractivity contribution >= 4 is 0 Å². The van der Waals surface area contributed by atoms with Crippen LogP contribution >= 0.6 is 0 Å². The summed E-state index contributed by atoms with van der Waals surface area (Å²) < 4.78 is 6.24. The van der Waals surface area contributed by atoms with E-state index in [0.717, 1.165) is 18.0 Å². The molecule has 0 radical (unpaired) electrons. The molecular formula is C17H28N2O. The Morgan fingerprint density at radius 1 is 1.35 bits per heavy atom. The lowest BCUT2D eigenvalue weighted by Gasteiger charge is -2.31. The fourth-order valence-electron chi connectivity index (χ4n) is 2.91. The van der Waals surface area contributed by atoms with Gasteiger partial charge in [0.1, 0.15) is 11.9 Å². The molecule has 3 nitrogen and oxygen atoms in total. The average Bonchev–Trinajstić information content (AvgIpc) is 2.46. The van der Waals surface area contributed by atoms with E-state index in [1.54, 1.807) is 0 Å². The van der Waals surface area contributed by atoms with Crippen molar-refractivity contribution in [2.24, 2.45) is 5.92 Å². The molecule has 1 saturated carbocycles. The highest BCUT2D eigenvalue weighted by atomic mass is 16.5. The molecule has 2 atom stereocenters. The summed E-state index contributed by atoms with van der Waals surface area (Å²) in [5.41, 5.74) is 1.06. The maximum atomic E-state index is 6.24. The molecule has 1 aromatic heterocycles. The number of aromatic nitrogens is 1. The molecule has 0 aromatic carbocycles. The molecule has 1 aliphatic carbocycles. The third-order valence-electron chi connectivity index (χ3n) is 4.13. The van der Waals surface area contributed by atoms with Crippen LogP contribution in [0.5, 0.6) is 5.75 Å². The zero-order valence-corrected chi connectivity index (χ0v) is 13.1. The van der Waals surface area contributed by atoms with Gasteiger partial charge in [0, 0.05) is 24.8 Å². The van der Waals surface area contributed by atoms with Crippen molar-refractivity contribution in [3.8, 4) is 5.75 Å². The van der Waals surface area contributed by atoms with Crippen molar-refractivity contribution in [1.82, 2.24) is 10.3 Å². The summed E-state index contributed by atoms with van der Waals surface area (Å²) in [7, 11) is 0. The quantitative estimate of drug-likeness (QED) is 0.855. The Labute approximate surface area is 123 Å².